The second-order valence-electron chi connectivity index (χ2n) is 4.24. The molecule has 2 aromatic rings. The lowest BCUT2D eigenvalue weighted by Crippen LogP contribution is -2.00. The van der Waals surface area contributed by atoms with Gasteiger partial charge in [0.1, 0.15) is 10.6 Å². The largest absolute Gasteiger partial charge is 0.478 e. The molecule has 1 aromatic carbocycles. The Labute approximate surface area is 108 Å². The minimum atomic E-state index is -0.970. The van der Waals surface area contributed by atoms with E-state index in [2.05, 4.69) is 5.32 Å². The standard InChI is InChI=1S/C13H12N2O2S/c14-12-11(13(16)17)9(6-18-12)7-1-2-10-8(5-7)3-4-15-10/h1-2,5-6,15H,3-4,14H2,(H,16,17). The third-order valence-electron chi connectivity index (χ3n) is 3.16. The van der Waals surface area contributed by atoms with Crippen molar-refractivity contribution in [2.75, 3.05) is 17.6 Å². The van der Waals surface area contributed by atoms with Crippen LogP contribution in [0, 0.1) is 0 Å². The van der Waals surface area contributed by atoms with Gasteiger partial charge in [0, 0.05) is 23.2 Å². The summed E-state index contributed by atoms with van der Waals surface area (Å²) in [6.07, 6.45) is 0.977. The van der Waals surface area contributed by atoms with Gasteiger partial charge in [0.15, 0.2) is 0 Å². The summed E-state index contributed by atoms with van der Waals surface area (Å²) < 4.78 is 0. The van der Waals surface area contributed by atoms with Crippen molar-refractivity contribution in [1.82, 2.24) is 0 Å². The lowest BCUT2D eigenvalue weighted by Gasteiger charge is -2.05. The molecule has 3 rings (SSSR count). The lowest BCUT2D eigenvalue weighted by molar-refractivity contribution is 0.0699. The van der Waals surface area contributed by atoms with Gasteiger partial charge in [-0.1, -0.05) is 6.07 Å². The SMILES string of the molecule is Nc1scc(-c2ccc3c(c2)CCN3)c1C(=O)O. The summed E-state index contributed by atoms with van der Waals surface area (Å²) in [7, 11) is 0. The zero-order valence-electron chi connectivity index (χ0n) is 9.56. The van der Waals surface area contributed by atoms with Crippen LogP contribution in [0.25, 0.3) is 11.1 Å². The van der Waals surface area contributed by atoms with Gasteiger partial charge in [-0.05, 0) is 29.7 Å². The first-order valence-electron chi connectivity index (χ1n) is 5.64. The van der Waals surface area contributed by atoms with Crippen LogP contribution in [-0.2, 0) is 6.42 Å². The second-order valence-corrected chi connectivity index (χ2v) is 5.15. The van der Waals surface area contributed by atoms with Gasteiger partial charge >= 0.3 is 5.97 Å². The fourth-order valence-electron chi connectivity index (χ4n) is 2.28. The van der Waals surface area contributed by atoms with Gasteiger partial charge in [-0.15, -0.1) is 11.3 Å². The van der Waals surface area contributed by atoms with Crippen LogP contribution < -0.4 is 11.1 Å². The third-order valence-corrected chi connectivity index (χ3v) is 3.97. The van der Waals surface area contributed by atoms with Crippen LogP contribution in [0.15, 0.2) is 23.6 Å². The van der Waals surface area contributed by atoms with Gasteiger partial charge in [-0.25, -0.2) is 4.79 Å². The van der Waals surface area contributed by atoms with E-state index in [1.165, 1.54) is 16.9 Å². The summed E-state index contributed by atoms with van der Waals surface area (Å²) in [4.78, 5) is 11.2. The first-order chi connectivity index (χ1) is 8.66. The number of thiophene rings is 1. The number of anilines is 2. The normalized spacial score (nSPS) is 13.1. The Hall–Kier alpha value is -2.01. The van der Waals surface area contributed by atoms with E-state index < -0.39 is 5.97 Å². The van der Waals surface area contributed by atoms with Crippen LogP contribution in [0.3, 0.4) is 0 Å². The highest BCUT2D eigenvalue weighted by Crippen LogP contribution is 2.36. The number of hydrogen-bond acceptors (Lipinski definition) is 4. The molecule has 0 saturated carbocycles. The van der Waals surface area contributed by atoms with Crippen LogP contribution >= 0.6 is 11.3 Å². The number of nitrogen functional groups attached to an aromatic ring is 1. The zero-order chi connectivity index (χ0) is 12.7. The molecule has 0 atom stereocenters. The maximum absolute atomic E-state index is 11.2. The Morgan fingerprint density at radius 3 is 3.06 bits per heavy atom. The van der Waals surface area contributed by atoms with Gasteiger partial charge in [-0.2, -0.15) is 0 Å². The highest BCUT2D eigenvalue weighted by atomic mass is 32.1. The monoisotopic (exact) mass is 260 g/mol. The van der Waals surface area contributed by atoms with Crippen molar-refractivity contribution in [3.05, 3.63) is 34.7 Å². The number of carboxylic acid groups (broad SMARTS) is 1. The van der Waals surface area contributed by atoms with Gasteiger partial charge < -0.3 is 16.2 Å². The molecule has 2 heterocycles. The number of nitrogens with two attached hydrogens (primary N) is 1. The molecule has 0 radical (unpaired) electrons. The summed E-state index contributed by atoms with van der Waals surface area (Å²) in [5, 5.41) is 14.7. The maximum atomic E-state index is 11.2. The molecule has 0 saturated heterocycles. The fraction of sp³-hybridized carbons (Fsp3) is 0.154. The molecule has 4 N–H and O–H groups in total. The predicted molar refractivity (Wildman–Crippen MR) is 73.3 cm³/mol. The highest BCUT2D eigenvalue weighted by Gasteiger charge is 2.19. The van der Waals surface area contributed by atoms with Crippen LogP contribution in [0.4, 0.5) is 10.7 Å². The molecule has 1 aliphatic heterocycles. The Balaban J connectivity index is 2.13. The van der Waals surface area contributed by atoms with E-state index in [9.17, 15) is 9.90 Å². The summed E-state index contributed by atoms with van der Waals surface area (Å²) in [5.41, 5.74) is 9.93. The molecule has 5 heteroatoms. The molecule has 0 amide bonds. The Bertz CT molecular complexity index is 634. The van der Waals surface area contributed by atoms with Crippen molar-refractivity contribution in [1.29, 1.82) is 0 Å². The summed E-state index contributed by atoms with van der Waals surface area (Å²) in [6, 6.07) is 5.98. The fourth-order valence-corrected chi connectivity index (χ4v) is 3.09. The van der Waals surface area contributed by atoms with E-state index in [1.807, 2.05) is 23.6 Å². The highest BCUT2D eigenvalue weighted by molar-refractivity contribution is 7.14. The van der Waals surface area contributed by atoms with E-state index in [1.54, 1.807) is 0 Å². The van der Waals surface area contributed by atoms with Gasteiger partial charge in [0.25, 0.3) is 0 Å². The van der Waals surface area contributed by atoms with Crippen LogP contribution in [-0.4, -0.2) is 17.6 Å². The number of fused-ring (bicyclic) bond motifs is 1. The van der Waals surface area contributed by atoms with Crippen LogP contribution in [0.5, 0.6) is 0 Å². The van der Waals surface area contributed by atoms with E-state index in [4.69, 9.17) is 5.73 Å². The van der Waals surface area contributed by atoms with E-state index in [0.717, 1.165) is 24.2 Å². The minimum Gasteiger partial charge on any atom is -0.478 e. The third kappa shape index (κ3) is 1.64. The van der Waals surface area contributed by atoms with Crippen molar-refractivity contribution in [2.45, 2.75) is 6.42 Å². The summed E-state index contributed by atoms with van der Waals surface area (Å²) in [6.45, 7) is 0.941. The molecule has 4 nitrogen and oxygen atoms in total. The molecule has 0 aliphatic carbocycles. The number of aromatic carboxylic acids is 1. The molecule has 0 bridgehead atoms. The number of carbonyl (C=O) groups is 1. The Morgan fingerprint density at radius 1 is 1.44 bits per heavy atom. The average Bonchev–Trinajstić information content (AvgIpc) is 2.93. The molecule has 1 aromatic heterocycles. The minimum absolute atomic E-state index is 0.214. The predicted octanol–water partition coefficient (Wildman–Crippen LogP) is 2.66. The smallest absolute Gasteiger partial charge is 0.339 e. The first kappa shape index (κ1) is 11.1. The molecule has 1 aliphatic rings. The molecule has 0 spiro atoms. The molecule has 0 fully saturated rings. The number of benzene rings is 1. The number of hydrogen-bond donors (Lipinski definition) is 3. The molecular formula is C13H12N2O2S. The van der Waals surface area contributed by atoms with E-state index in [-0.39, 0.29) is 5.56 Å². The van der Waals surface area contributed by atoms with Crippen molar-refractivity contribution >= 4 is 28.0 Å². The van der Waals surface area contributed by atoms with Gasteiger partial charge in [0.05, 0.1) is 0 Å². The maximum Gasteiger partial charge on any atom is 0.339 e. The van der Waals surface area contributed by atoms with Crippen molar-refractivity contribution in [3.63, 3.8) is 0 Å². The second kappa shape index (κ2) is 4.03. The first-order valence-corrected chi connectivity index (χ1v) is 6.52. The molecule has 18 heavy (non-hydrogen) atoms. The Morgan fingerprint density at radius 2 is 2.28 bits per heavy atom. The molecule has 0 unspecified atom stereocenters. The van der Waals surface area contributed by atoms with Crippen molar-refractivity contribution < 1.29 is 9.90 Å². The molecule has 92 valence electrons. The number of carboxylic acids is 1. The average molecular weight is 260 g/mol. The number of rotatable bonds is 2. The summed E-state index contributed by atoms with van der Waals surface area (Å²) in [5.74, 6) is -0.970. The van der Waals surface area contributed by atoms with Gasteiger partial charge in [0.2, 0.25) is 0 Å². The van der Waals surface area contributed by atoms with E-state index >= 15 is 0 Å². The lowest BCUT2D eigenvalue weighted by atomic mass is 10.0. The van der Waals surface area contributed by atoms with Crippen LogP contribution in [0.1, 0.15) is 15.9 Å². The molecular weight excluding hydrogens is 248 g/mol. The Kier molecular flexibility index (Phi) is 2.48. The number of nitrogens with one attached hydrogen (secondary N) is 1. The van der Waals surface area contributed by atoms with Crippen LogP contribution in [0.2, 0.25) is 0 Å². The summed E-state index contributed by atoms with van der Waals surface area (Å²) >= 11 is 1.27. The van der Waals surface area contributed by atoms with Crippen molar-refractivity contribution in [3.8, 4) is 11.1 Å². The van der Waals surface area contributed by atoms with Gasteiger partial charge in [-0.3, -0.25) is 0 Å². The van der Waals surface area contributed by atoms with Crippen molar-refractivity contribution in [2.24, 2.45) is 0 Å². The quantitative estimate of drug-likeness (QED) is 0.776. The van der Waals surface area contributed by atoms with E-state index in [0.29, 0.717) is 10.6 Å². The topological polar surface area (TPSA) is 75.3 Å². The zero-order valence-corrected chi connectivity index (χ0v) is 10.4.